The van der Waals surface area contributed by atoms with Gasteiger partial charge in [-0.25, -0.2) is 9.59 Å². The zero-order valence-corrected chi connectivity index (χ0v) is 14.7. The number of carbonyl (C=O) groups is 2. The maximum atomic E-state index is 11.7. The molecule has 0 heterocycles. The highest BCUT2D eigenvalue weighted by Gasteiger charge is 2.24. The van der Waals surface area contributed by atoms with Crippen LogP contribution in [-0.4, -0.2) is 28.8 Å². The van der Waals surface area contributed by atoms with Gasteiger partial charge in [0.2, 0.25) is 0 Å². The Balaban J connectivity index is 2.76. The lowest BCUT2D eigenvalue weighted by atomic mass is 10.0. The van der Waals surface area contributed by atoms with Crippen molar-refractivity contribution < 1.29 is 19.4 Å². The smallest absolute Gasteiger partial charge is 0.408 e. The van der Waals surface area contributed by atoms with Crippen molar-refractivity contribution in [1.29, 1.82) is 0 Å². The van der Waals surface area contributed by atoms with E-state index in [1.807, 2.05) is 25.1 Å². The van der Waals surface area contributed by atoms with Crippen molar-refractivity contribution in [3.05, 3.63) is 32.9 Å². The van der Waals surface area contributed by atoms with Gasteiger partial charge in [0.15, 0.2) is 0 Å². The van der Waals surface area contributed by atoms with Crippen molar-refractivity contribution in [2.24, 2.45) is 0 Å². The molecule has 1 unspecified atom stereocenters. The van der Waals surface area contributed by atoms with Crippen molar-refractivity contribution in [2.75, 3.05) is 0 Å². The monoisotopic (exact) mass is 405 g/mol. The predicted octanol–water partition coefficient (Wildman–Crippen LogP) is 3.12. The zero-order valence-electron chi connectivity index (χ0n) is 12.6. The van der Waals surface area contributed by atoms with E-state index in [1.54, 1.807) is 20.8 Å². The summed E-state index contributed by atoms with van der Waals surface area (Å²) in [7, 11) is 0. The quantitative estimate of drug-likeness (QED) is 0.755. The number of hydrogen-bond acceptors (Lipinski definition) is 3. The van der Waals surface area contributed by atoms with Crippen LogP contribution in [0.3, 0.4) is 0 Å². The third-order valence-electron chi connectivity index (χ3n) is 2.67. The van der Waals surface area contributed by atoms with Gasteiger partial charge in [-0.15, -0.1) is 0 Å². The number of hydrogen-bond donors (Lipinski definition) is 2. The summed E-state index contributed by atoms with van der Waals surface area (Å²) in [6.07, 6.45) is -0.512. The van der Waals surface area contributed by atoms with Crippen LogP contribution in [0.15, 0.2) is 18.2 Å². The molecule has 1 amide bonds. The number of ether oxygens (including phenoxy) is 1. The second kappa shape index (κ2) is 7.11. The first kappa shape index (κ1) is 17.7. The summed E-state index contributed by atoms with van der Waals surface area (Å²) in [5, 5.41) is 11.6. The number of alkyl carbamates (subject to hydrolysis) is 1. The second-order valence-corrected chi connectivity index (χ2v) is 6.99. The minimum absolute atomic E-state index is 0.213. The SMILES string of the molecule is Cc1ccc(CC(NC(=O)OC(C)(C)C)C(=O)O)cc1I. The largest absolute Gasteiger partial charge is 0.480 e. The molecule has 1 atom stereocenters. The number of amides is 1. The molecule has 1 rings (SSSR count). The van der Waals surface area contributed by atoms with Crippen LogP contribution in [0.25, 0.3) is 0 Å². The molecule has 0 radical (unpaired) electrons. The van der Waals surface area contributed by atoms with Gasteiger partial charge in [0.1, 0.15) is 11.6 Å². The van der Waals surface area contributed by atoms with Gasteiger partial charge in [0, 0.05) is 9.99 Å². The summed E-state index contributed by atoms with van der Waals surface area (Å²) in [6, 6.07) is 4.70. The van der Waals surface area contributed by atoms with E-state index < -0.39 is 23.7 Å². The highest BCUT2D eigenvalue weighted by molar-refractivity contribution is 14.1. The number of rotatable bonds is 4. The fourth-order valence-corrected chi connectivity index (χ4v) is 2.23. The third-order valence-corrected chi connectivity index (χ3v) is 3.83. The summed E-state index contributed by atoms with van der Waals surface area (Å²) in [6.45, 7) is 7.17. The van der Waals surface area contributed by atoms with Crippen LogP contribution in [0.2, 0.25) is 0 Å². The van der Waals surface area contributed by atoms with Crippen molar-refractivity contribution in [1.82, 2.24) is 5.32 Å². The van der Waals surface area contributed by atoms with E-state index >= 15 is 0 Å². The topological polar surface area (TPSA) is 75.6 Å². The van der Waals surface area contributed by atoms with Gasteiger partial charge < -0.3 is 15.2 Å². The second-order valence-electron chi connectivity index (χ2n) is 5.82. The first-order valence-corrected chi connectivity index (χ1v) is 7.64. The van der Waals surface area contributed by atoms with E-state index in [0.29, 0.717) is 0 Å². The molecule has 6 heteroatoms. The molecule has 2 N–H and O–H groups in total. The maximum Gasteiger partial charge on any atom is 0.408 e. The van der Waals surface area contributed by atoms with Crippen LogP contribution in [0.1, 0.15) is 31.9 Å². The molecule has 0 fully saturated rings. The molecule has 0 spiro atoms. The number of aliphatic carboxylic acids is 1. The van der Waals surface area contributed by atoms with Gasteiger partial charge in [0.05, 0.1) is 0 Å². The van der Waals surface area contributed by atoms with Gasteiger partial charge in [-0.1, -0.05) is 12.1 Å². The normalized spacial score (nSPS) is 12.6. The predicted molar refractivity (Wildman–Crippen MR) is 88.4 cm³/mol. The molecular formula is C15H20INO4. The number of halogens is 1. The Hall–Kier alpha value is -1.31. The average molecular weight is 405 g/mol. The fourth-order valence-electron chi connectivity index (χ4n) is 1.65. The molecule has 0 aromatic heterocycles. The summed E-state index contributed by atoms with van der Waals surface area (Å²) in [5.74, 6) is -1.09. The number of carboxylic acids is 1. The van der Waals surface area contributed by atoms with Crippen LogP contribution in [-0.2, 0) is 16.0 Å². The Bertz CT molecular complexity index is 537. The van der Waals surface area contributed by atoms with Crippen molar-refractivity contribution in [3.63, 3.8) is 0 Å². The van der Waals surface area contributed by atoms with Crippen LogP contribution < -0.4 is 5.32 Å². The number of aryl methyl sites for hydroxylation is 1. The van der Waals surface area contributed by atoms with E-state index in [9.17, 15) is 14.7 Å². The minimum atomic E-state index is -1.09. The van der Waals surface area contributed by atoms with Gasteiger partial charge in [-0.3, -0.25) is 0 Å². The van der Waals surface area contributed by atoms with Gasteiger partial charge in [-0.05, 0) is 67.5 Å². The minimum Gasteiger partial charge on any atom is -0.480 e. The maximum absolute atomic E-state index is 11.7. The van der Waals surface area contributed by atoms with Crippen LogP contribution in [0, 0.1) is 10.5 Å². The van der Waals surface area contributed by atoms with E-state index in [2.05, 4.69) is 27.9 Å². The summed E-state index contributed by atoms with van der Waals surface area (Å²) >= 11 is 2.20. The van der Waals surface area contributed by atoms with Gasteiger partial charge in [0.25, 0.3) is 0 Å². The fraction of sp³-hybridized carbons (Fsp3) is 0.467. The Morgan fingerprint density at radius 1 is 1.38 bits per heavy atom. The molecule has 1 aromatic rings. The van der Waals surface area contributed by atoms with Crippen LogP contribution in [0.5, 0.6) is 0 Å². The van der Waals surface area contributed by atoms with Gasteiger partial charge >= 0.3 is 12.1 Å². The first-order chi connectivity index (χ1) is 9.58. The molecule has 0 saturated heterocycles. The molecule has 0 aliphatic heterocycles. The molecule has 0 bridgehead atoms. The summed E-state index contributed by atoms with van der Waals surface area (Å²) in [4.78, 5) is 23.0. The molecule has 0 aliphatic rings. The molecule has 1 aromatic carbocycles. The zero-order chi connectivity index (χ0) is 16.2. The van der Waals surface area contributed by atoms with Crippen molar-refractivity contribution in [3.8, 4) is 0 Å². The highest BCUT2D eigenvalue weighted by Crippen LogP contribution is 2.15. The molecule has 0 aliphatic carbocycles. The Morgan fingerprint density at radius 3 is 2.48 bits per heavy atom. The first-order valence-electron chi connectivity index (χ1n) is 6.56. The molecular weight excluding hydrogens is 385 g/mol. The van der Waals surface area contributed by atoms with E-state index in [0.717, 1.165) is 14.7 Å². The van der Waals surface area contributed by atoms with E-state index in [4.69, 9.17) is 4.74 Å². The Labute approximate surface area is 138 Å². The lowest BCUT2D eigenvalue weighted by molar-refractivity contribution is -0.139. The van der Waals surface area contributed by atoms with E-state index in [-0.39, 0.29) is 6.42 Å². The standard InChI is InChI=1S/C15H20INO4/c1-9-5-6-10(7-11(9)16)8-12(13(18)19)17-14(20)21-15(2,3)4/h5-7,12H,8H2,1-4H3,(H,17,20)(H,18,19). The number of benzene rings is 1. The number of nitrogens with one attached hydrogen (secondary N) is 1. The number of carboxylic acid groups (broad SMARTS) is 1. The van der Waals surface area contributed by atoms with Gasteiger partial charge in [-0.2, -0.15) is 0 Å². The Kier molecular flexibility index (Phi) is 6.00. The van der Waals surface area contributed by atoms with E-state index in [1.165, 1.54) is 0 Å². The lowest BCUT2D eigenvalue weighted by Gasteiger charge is -2.22. The highest BCUT2D eigenvalue weighted by atomic mass is 127. The molecule has 5 nitrogen and oxygen atoms in total. The third kappa shape index (κ3) is 6.33. The molecule has 116 valence electrons. The number of carbonyl (C=O) groups excluding carboxylic acids is 1. The summed E-state index contributed by atoms with van der Waals surface area (Å²) in [5.41, 5.74) is 1.33. The molecule has 0 saturated carbocycles. The van der Waals surface area contributed by atoms with Crippen LogP contribution >= 0.6 is 22.6 Å². The Morgan fingerprint density at radius 2 is 2.00 bits per heavy atom. The average Bonchev–Trinajstić information content (AvgIpc) is 2.30. The molecule has 21 heavy (non-hydrogen) atoms. The summed E-state index contributed by atoms with van der Waals surface area (Å²) < 4.78 is 6.15. The van der Waals surface area contributed by atoms with Crippen LogP contribution in [0.4, 0.5) is 4.79 Å². The lowest BCUT2D eigenvalue weighted by Crippen LogP contribution is -2.44. The van der Waals surface area contributed by atoms with Crippen molar-refractivity contribution in [2.45, 2.75) is 45.8 Å². The van der Waals surface area contributed by atoms with Crippen molar-refractivity contribution >= 4 is 34.7 Å².